The van der Waals surface area contributed by atoms with Gasteiger partial charge in [0, 0.05) is 32.1 Å². The lowest BCUT2D eigenvalue weighted by Gasteiger charge is -2.59. The van der Waals surface area contributed by atoms with E-state index in [0.717, 1.165) is 64.2 Å². The van der Waals surface area contributed by atoms with Gasteiger partial charge >= 0.3 is 24.2 Å². The third-order valence-corrected chi connectivity index (χ3v) is 9.68. The van der Waals surface area contributed by atoms with Crippen LogP contribution in [0.2, 0.25) is 0 Å². The number of ether oxygens (including phenoxy) is 6. The Morgan fingerprint density at radius 2 is 1.05 bits per heavy atom. The molecule has 0 N–H and O–H groups in total. The van der Waals surface area contributed by atoms with Crippen molar-refractivity contribution in [2.75, 3.05) is 14.2 Å². The summed E-state index contributed by atoms with van der Waals surface area (Å²) in [5.74, 6) is 1.79. The maximum Gasteiger partial charge on any atom is 0.508 e. The van der Waals surface area contributed by atoms with E-state index in [2.05, 4.69) is 9.47 Å². The Morgan fingerprint density at radius 1 is 0.579 bits per heavy atom. The van der Waals surface area contributed by atoms with E-state index in [4.69, 9.17) is 18.9 Å². The van der Waals surface area contributed by atoms with E-state index in [0.29, 0.717) is 36.0 Å². The molecule has 4 unspecified atom stereocenters. The lowest BCUT2D eigenvalue weighted by molar-refractivity contribution is -0.221. The van der Waals surface area contributed by atoms with Gasteiger partial charge in [0.15, 0.2) is 0 Å². The normalized spacial score (nSPS) is 42.8. The van der Waals surface area contributed by atoms with Crippen molar-refractivity contribution in [3.63, 3.8) is 0 Å². The molecule has 8 rings (SSSR count). The van der Waals surface area contributed by atoms with Crippen LogP contribution in [0.4, 0.5) is 9.59 Å². The molecule has 8 aliphatic carbocycles. The summed E-state index contributed by atoms with van der Waals surface area (Å²) >= 11 is 0. The number of carbonyl (C=O) groups excluding carboxylic acids is 4. The summed E-state index contributed by atoms with van der Waals surface area (Å²) in [6, 6.07) is 0. The standard InChI is InChI=1S/2C14H20O5/c1-9(15)18-13-4-10-3-11(5-13)7-14(6-10,8-13)19-12(16)17-2;1-8(15)18-12-10-3-9-4-11(12)7-14(5-9,6-10)19-13(16)17-2/h10-11H,3-8H2,1-2H3;9-12H,3-7H2,1-2H3. The number of rotatable bonds is 4. The summed E-state index contributed by atoms with van der Waals surface area (Å²) in [7, 11) is 2.66. The van der Waals surface area contributed by atoms with Gasteiger partial charge in [-0.2, -0.15) is 0 Å². The molecule has 4 atom stereocenters. The molecule has 10 heteroatoms. The average molecular weight is 537 g/mol. The maximum atomic E-state index is 11.5. The summed E-state index contributed by atoms with van der Waals surface area (Å²) in [6.07, 6.45) is 8.86. The van der Waals surface area contributed by atoms with Gasteiger partial charge in [-0.25, -0.2) is 9.59 Å². The van der Waals surface area contributed by atoms with Crippen molar-refractivity contribution in [2.45, 2.75) is 107 Å². The van der Waals surface area contributed by atoms with Gasteiger partial charge in [-0.3, -0.25) is 9.59 Å². The average Bonchev–Trinajstić information content (AvgIpc) is 2.78. The predicted molar refractivity (Wildman–Crippen MR) is 131 cm³/mol. The van der Waals surface area contributed by atoms with Crippen LogP contribution in [0.15, 0.2) is 0 Å². The van der Waals surface area contributed by atoms with Crippen molar-refractivity contribution >= 4 is 24.2 Å². The Morgan fingerprint density at radius 3 is 1.53 bits per heavy atom. The van der Waals surface area contributed by atoms with E-state index in [1.807, 2.05) is 0 Å². The highest BCUT2D eigenvalue weighted by Gasteiger charge is 2.62. The highest BCUT2D eigenvalue weighted by Crippen LogP contribution is 2.60. The topological polar surface area (TPSA) is 124 Å². The van der Waals surface area contributed by atoms with Crippen LogP contribution in [0, 0.1) is 29.6 Å². The van der Waals surface area contributed by atoms with Crippen LogP contribution in [-0.4, -0.2) is 61.4 Å². The third kappa shape index (κ3) is 5.32. The van der Waals surface area contributed by atoms with E-state index in [-0.39, 0.29) is 23.6 Å². The minimum atomic E-state index is -0.625. The quantitative estimate of drug-likeness (QED) is 0.369. The minimum Gasteiger partial charge on any atom is -0.462 e. The summed E-state index contributed by atoms with van der Waals surface area (Å²) in [4.78, 5) is 45.5. The first kappa shape index (κ1) is 27.1. The fourth-order valence-corrected chi connectivity index (χ4v) is 9.49. The Kier molecular flexibility index (Phi) is 7.05. The Balaban J connectivity index is 0.000000155. The van der Waals surface area contributed by atoms with Gasteiger partial charge < -0.3 is 28.4 Å². The van der Waals surface area contributed by atoms with Gasteiger partial charge in [-0.15, -0.1) is 0 Å². The molecule has 0 saturated heterocycles. The van der Waals surface area contributed by atoms with Crippen LogP contribution in [0.3, 0.4) is 0 Å². The van der Waals surface area contributed by atoms with E-state index in [1.165, 1.54) is 28.1 Å². The van der Waals surface area contributed by atoms with E-state index >= 15 is 0 Å². The number of esters is 2. The predicted octanol–water partition coefficient (Wildman–Crippen LogP) is 4.70. The lowest BCUT2D eigenvalue weighted by Crippen LogP contribution is -2.61. The Labute approximate surface area is 223 Å². The highest BCUT2D eigenvalue weighted by atomic mass is 16.7. The number of methoxy groups -OCH3 is 2. The molecule has 0 spiro atoms. The van der Waals surface area contributed by atoms with Crippen molar-refractivity contribution in [3.8, 4) is 0 Å². The summed E-state index contributed by atoms with van der Waals surface area (Å²) in [6.45, 7) is 2.91. The molecule has 8 aliphatic rings. The number of hydrogen-bond donors (Lipinski definition) is 0. The van der Waals surface area contributed by atoms with E-state index < -0.39 is 23.5 Å². The Hall–Kier alpha value is -2.52. The molecule has 10 nitrogen and oxygen atoms in total. The second kappa shape index (κ2) is 9.90. The first-order valence-electron chi connectivity index (χ1n) is 13.9. The first-order chi connectivity index (χ1) is 18.0. The molecular weight excluding hydrogens is 496 g/mol. The zero-order chi connectivity index (χ0) is 27.3. The summed E-state index contributed by atoms with van der Waals surface area (Å²) < 4.78 is 31.5. The van der Waals surface area contributed by atoms with Gasteiger partial charge in [0.1, 0.15) is 22.9 Å². The lowest BCUT2D eigenvalue weighted by atomic mass is 9.52. The molecule has 0 aromatic carbocycles. The highest BCUT2D eigenvalue weighted by molar-refractivity contribution is 5.67. The third-order valence-electron chi connectivity index (χ3n) is 9.68. The zero-order valence-electron chi connectivity index (χ0n) is 22.8. The monoisotopic (exact) mass is 536 g/mol. The molecule has 0 aromatic heterocycles. The summed E-state index contributed by atoms with van der Waals surface area (Å²) in [5.41, 5.74) is -1.27. The molecule has 8 fully saturated rings. The van der Waals surface area contributed by atoms with Crippen LogP contribution >= 0.6 is 0 Å². The molecule has 0 radical (unpaired) electrons. The SMILES string of the molecule is COC(=O)OC12CC3CC(C1)C(OC(C)=O)C(C3)C2.COC(=O)OC12CC3CC(CC(OC(C)=O)(C3)C1)C2. The molecule has 0 amide bonds. The second-order valence-electron chi connectivity index (χ2n) is 12.8. The van der Waals surface area contributed by atoms with Crippen LogP contribution in [0.1, 0.15) is 84.5 Å². The van der Waals surface area contributed by atoms with Gasteiger partial charge in [-0.05, 0) is 82.0 Å². The number of hydrogen-bond acceptors (Lipinski definition) is 10. The molecule has 38 heavy (non-hydrogen) atoms. The van der Waals surface area contributed by atoms with E-state index in [1.54, 1.807) is 0 Å². The van der Waals surface area contributed by atoms with Crippen molar-refractivity contribution in [2.24, 2.45) is 29.6 Å². The Bertz CT molecular complexity index is 945. The fraction of sp³-hybridized carbons (Fsp3) is 0.857. The molecular formula is C28H40O10. The molecule has 212 valence electrons. The van der Waals surface area contributed by atoms with Crippen molar-refractivity contribution in [3.05, 3.63) is 0 Å². The van der Waals surface area contributed by atoms with Crippen molar-refractivity contribution in [1.82, 2.24) is 0 Å². The van der Waals surface area contributed by atoms with Crippen molar-refractivity contribution < 1.29 is 47.6 Å². The van der Waals surface area contributed by atoms with Gasteiger partial charge in [-0.1, -0.05) is 0 Å². The zero-order valence-corrected chi connectivity index (χ0v) is 22.8. The van der Waals surface area contributed by atoms with Gasteiger partial charge in [0.05, 0.1) is 14.2 Å². The molecule has 0 aliphatic heterocycles. The van der Waals surface area contributed by atoms with E-state index in [9.17, 15) is 19.2 Å². The molecule has 8 saturated carbocycles. The second-order valence-corrected chi connectivity index (χ2v) is 12.8. The van der Waals surface area contributed by atoms with Gasteiger partial charge in [0.25, 0.3) is 0 Å². The largest absolute Gasteiger partial charge is 0.508 e. The van der Waals surface area contributed by atoms with Crippen molar-refractivity contribution in [1.29, 1.82) is 0 Å². The van der Waals surface area contributed by atoms with Gasteiger partial charge in [0.2, 0.25) is 0 Å². The number of carbonyl (C=O) groups is 4. The smallest absolute Gasteiger partial charge is 0.462 e. The molecule has 0 heterocycles. The molecule has 8 bridgehead atoms. The molecule has 0 aromatic rings. The van der Waals surface area contributed by atoms with Crippen LogP contribution in [0.5, 0.6) is 0 Å². The first-order valence-corrected chi connectivity index (χ1v) is 13.9. The van der Waals surface area contributed by atoms with Crippen LogP contribution in [0.25, 0.3) is 0 Å². The minimum absolute atomic E-state index is 0.0171. The maximum absolute atomic E-state index is 11.5. The van der Waals surface area contributed by atoms with Crippen LogP contribution < -0.4 is 0 Å². The van der Waals surface area contributed by atoms with Crippen LogP contribution in [-0.2, 0) is 38.0 Å². The fourth-order valence-electron chi connectivity index (χ4n) is 9.49. The summed E-state index contributed by atoms with van der Waals surface area (Å²) in [5, 5.41) is 0.